The SMILES string of the molecule is CC(C)CCOc1cccc(NCC(=O)Nc2cccc(C(=O)N3CCCCCC3)c2)c1. The Morgan fingerprint density at radius 2 is 1.69 bits per heavy atom. The van der Waals surface area contributed by atoms with Gasteiger partial charge in [0.2, 0.25) is 5.91 Å². The van der Waals surface area contributed by atoms with Crippen LogP contribution >= 0.6 is 0 Å². The van der Waals surface area contributed by atoms with Gasteiger partial charge in [-0.15, -0.1) is 0 Å². The molecule has 1 fully saturated rings. The van der Waals surface area contributed by atoms with Crippen LogP contribution in [0.4, 0.5) is 11.4 Å². The molecule has 0 spiro atoms. The van der Waals surface area contributed by atoms with E-state index in [9.17, 15) is 9.59 Å². The summed E-state index contributed by atoms with van der Waals surface area (Å²) < 4.78 is 5.78. The van der Waals surface area contributed by atoms with E-state index in [1.165, 1.54) is 12.8 Å². The van der Waals surface area contributed by atoms with E-state index >= 15 is 0 Å². The Morgan fingerprint density at radius 1 is 0.969 bits per heavy atom. The fourth-order valence-electron chi connectivity index (χ4n) is 3.68. The number of carbonyl (C=O) groups excluding carboxylic acids is 2. The van der Waals surface area contributed by atoms with Crippen molar-refractivity contribution in [3.63, 3.8) is 0 Å². The first-order valence-corrected chi connectivity index (χ1v) is 11.7. The molecule has 1 aliphatic rings. The van der Waals surface area contributed by atoms with Crippen molar-refractivity contribution in [3.05, 3.63) is 54.1 Å². The quantitative estimate of drug-likeness (QED) is 0.567. The minimum atomic E-state index is -0.171. The zero-order chi connectivity index (χ0) is 22.8. The molecule has 2 N–H and O–H groups in total. The van der Waals surface area contributed by atoms with Crippen molar-refractivity contribution in [2.24, 2.45) is 5.92 Å². The second-order valence-electron chi connectivity index (χ2n) is 8.75. The second kappa shape index (κ2) is 12.1. The van der Waals surface area contributed by atoms with Crippen LogP contribution in [0, 0.1) is 5.92 Å². The molecule has 3 rings (SSSR count). The van der Waals surface area contributed by atoms with Crippen LogP contribution < -0.4 is 15.4 Å². The zero-order valence-electron chi connectivity index (χ0n) is 19.2. The summed E-state index contributed by atoms with van der Waals surface area (Å²) in [5, 5.41) is 6.01. The van der Waals surface area contributed by atoms with Crippen molar-refractivity contribution in [1.29, 1.82) is 0 Å². The van der Waals surface area contributed by atoms with Gasteiger partial charge in [-0.1, -0.05) is 38.8 Å². The molecule has 6 heteroatoms. The number of hydrogen-bond donors (Lipinski definition) is 2. The largest absolute Gasteiger partial charge is 0.494 e. The van der Waals surface area contributed by atoms with Gasteiger partial charge in [0.1, 0.15) is 5.75 Å². The highest BCUT2D eigenvalue weighted by molar-refractivity contribution is 5.98. The summed E-state index contributed by atoms with van der Waals surface area (Å²) in [4.78, 5) is 27.2. The fraction of sp³-hybridized carbons (Fsp3) is 0.462. The summed E-state index contributed by atoms with van der Waals surface area (Å²) in [6.45, 7) is 6.74. The molecule has 0 aliphatic carbocycles. The normalized spacial score (nSPS) is 14.0. The van der Waals surface area contributed by atoms with Crippen LogP contribution in [0.15, 0.2) is 48.5 Å². The van der Waals surface area contributed by atoms with Crippen LogP contribution in [-0.4, -0.2) is 43.0 Å². The number of ether oxygens (including phenoxy) is 1. The molecule has 0 atom stereocenters. The number of amides is 2. The van der Waals surface area contributed by atoms with Gasteiger partial charge in [-0.25, -0.2) is 0 Å². The van der Waals surface area contributed by atoms with Crippen LogP contribution in [0.3, 0.4) is 0 Å². The van der Waals surface area contributed by atoms with Gasteiger partial charge in [-0.2, -0.15) is 0 Å². The van der Waals surface area contributed by atoms with Gasteiger partial charge in [0, 0.05) is 36.1 Å². The van der Waals surface area contributed by atoms with Crippen LogP contribution in [0.5, 0.6) is 5.75 Å². The van der Waals surface area contributed by atoms with Crippen molar-refractivity contribution in [3.8, 4) is 5.75 Å². The molecular formula is C26H35N3O3. The van der Waals surface area contributed by atoms with Crippen molar-refractivity contribution in [2.45, 2.75) is 46.0 Å². The number of nitrogens with one attached hydrogen (secondary N) is 2. The van der Waals surface area contributed by atoms with Crippen molar-refractivity contribution in [1.82, 2.24) is 4.90 Å². The molecular weight excluding hydrogens is 402 g/mol. The van der Waals surface area contributed by atoms with Gasteiger partial charge >= 0.3 is 0 Å². The third-order valence-corrected chi connectivity index (χ3v) is 5.54. The number of anilines is 2. The van der Waals surface area contributed by atoms with E-state index in [0.717, 1.165) is 43.8 Å². The van der Waals surface area contributed by atoms with Crippen LogP contribution in [0.2, 0.25) is 0 Å². The Morgan fingerprint density at radius 3 is 2.44 bits per heavy atom. The monoisotopic (exact) mass is 437 g/mol. The third kappa shape index (κ3) is 7.59. The average Bonchev–Trinajstić information content (AvgIpc) is 3.07. The number of carbonyl (C=O) groups is 2. The molecule has 2 amide bonds. The predicted octanol–water partition coefficient (Wildman–Crippen LogP) is 5.18. The highest BCUT2D eigenvalue weighted by atomic mass is 16.5. The fourth-order valence-corrected chi connectivity index (χ4v) is 3.68. The highest BCUT2D eigenvalue weighted by Gasteiger charge is 2.17. The Hall–Kier alpha value is -3.02. The van der Waals surface area contributed by atoms with Gasteiger partial charge in [-0.05, 0) is 55.5 Å². The second-order valence-corrected chi connectivity index (χ2v) is 8.75. The molecule has 0 saturated carbocycles. The first-order chi connectivity index (χ1) is 15.5. The molecule has 1 aliphatic heterocycles. The molecule has 32 heavy (non-hydrogen) atoms. The van der Waals surface area contributed by atoms with Crippen LogP contribution in [0.1, 0.15) is 56.3 Å². The van der Waals surface area contributed by atoms with Crippen molar-refractivity contribution < 1.29 is 14.3 Å². The van der Waals surface area contributed by atoms with E-state index < -0.39 is 0 Å². The van der Waals surface area contributed by atoms with E-state index in [-0.39, 0.29) is 18.4 Å². The predicted molar refractivity (Wildman–Crippen MR) is 129 cm³/mol. The van der Waals surface area contributed by atoms with Crippen LogP contribution in [-0.2, 0) is 4.79 Å². The molecule has 0 radical (unpaired) electrons. The van der Waals surface area contributed by atoms with Gasteiger partial charge < -0.3 is 20.3 Å². The van der Waals surface area contributed by atoms with Crippen molar-refractivity contribution in [2.75, 3.05) is 36.9 Å². The topological polar surface area (TPSA) is 70.7 Å². The Bertz CT molecular complexity index is 889. The lowest BCUT2D eigenvalue weighted by Crippen LogP contribution is -2.31. The van der Waals surface area contributed by atoms with E-state index in [1.807, 2.05) is 41.3 Å². The molecule has 2 aromatic carbocycles. The summed E-state index contributed by atoms with van der Waals surface area (Å²) >= 11 is 0. The Kier molecular flexibility index (Phi) is 8.96. The number of hydrogen-bond acceptors (Lipinski definition) is 4. The molecule has 1 heterocycles. The van der Waals surface area contributed by atoms with E-state index in [0.29, 0.717) is 23.8 Å². The number of nitrogens with zero attached hydrogens (tertiary/aromatic N) is 1. The summed E-state index contributed by atoms with van der Waals surface area (Å²) in [5.41, 5.74) is 2.07. The zero-order valence-corrected chi connectivity index (χ0v) is 19.2. The Balaban J connectivity index is 1.51. The van der Waals surface area contributed by atoms with Gasteiger partial charge in [0.25, 0.3) is 5.91 Å². The first-order valence-electron chi connectivity index (χ1n) is 11.7. The first kappa shape index (κ1) is 23.6. The molecule has 6 nitrogen and oxygen atoms in total. The minimum Gasteiger partial charge on any atom is -0.494 e. The highest BCUT2D eigenvalue weighted by Crippen LogP contribution is 2.19. The maximum atomic E-state index is 12.8. The lowest BCUT2D eigenvalue weighted by Gasteiger charge is -2.20. The maximum absolute atomic E-state index is 12.8. The lowest BCUT2D eigenvalue weighted by molar-refractivity contribution is -0.114. The molecule has 172 valence electrons. The van der Waals surface area contributed by atoms with E-state index in [1.54, 1.807) is 12.1 Å². The summed E-state index contributed by atoms with van der Waals surface area (Å²) in [6.07, 6.45) is 5.47. The van der Waals surface area contributed by atoms with Crippen LogP contribution in [0.25, 0.3) is 0 Å². The van der Waals surface area contributed by atoms with Gasteiger partial charge in [-0.3, -0.25) is 9.59 Å². The summed E-state index contributed by atoms with van der Waals surface area (Å²) in [5.74, 6) is 1.25. The molecule has 0 unspecified atom stereocenters. The number of rotatable bonds is 9. The maximum Gasteiger partial charge on any atom is 0.253 e. The molecule has 1 saturated heterocycles. The molecule has 0 aromatic heterocycles. The number of benzene rings is 2. The van der Waals surface area contributed by atoms with E-state index in [4.69, 9.17) is 4.74 Å². The summed E-state index contributed by atoms with van der Waals surface area (Å²) in [6, 6.07) is 14.8. The number of likely N-dealkylation sites (tertiary alicyclic amines) is 1. The van der Waals surface area contributed by atoms with Crippen molar-refractivity contribution >= 4 is 23.2 Å². The smallest absolute Gasteiger partial charge is 0.253 e. The van der Waals surface area contributed by atoms with Gasteiger partial charge in [0.05, 0.1) is 13.2 Å². The lowest BCUT2D eigenvalue weighted by atomic mass is 10.1. The minimum absolute atomic E-state index is 0.0374. The van der Waals surface area contributed by atoms with E-state index in [2.05, 4.69) is 24.5 Å². The standard InChI is InChI=1S/C26H35N3O3/c1-20(2)13-16-32-24-12-8-10-22(18-24)27-19-25(30)28-23-11-7-9-21(17-23)26(31)29-14-5-3-4-6-15-29/h7-12,17-18,20,27H,3-6,13-16,19H2,1-2H3,(H,28,30). The third-order valence-electron chi connectivity index (χ3n) is 5.54. The Labute approximate surface area is 191 Å². The average molecular weight is 438 g/mol. The molecule has 2 aromatic rings. The van der Waals surface area contributed by atoms with Gasteiger partial charge in [0.15, 0.2) is 0 Å². The molecule has 0 bridgehead atoms. The summed E-state index contributed by atoms with van der Waals surface area (Å²) in [7, 11) is 0.